The van der Waals surface area contributed by atoms with E-state index in [4.69, 9.17) is 5.73 Å². The Morgan fingerprint density at radius 1 is 1.11 bits per heavy atom. The Morgan fingerprint density at radius 2 is 1.71 bits per heavy atom. The Bertz CT molecular complexity index is 922. The number of rotatable bonds is 6. The maximum Gasteiger partial charge on any atom is 0.452 e. The van der Waals surface area contributed by atoms with Crippen LogP contribution < -0.4 is 16.6 Å². The van der Waals surface area contributed by atoms with Crippen molar-refractivity contribution in [3.8, 4) is 11.3 Å². The van der Waals surface area contributed by atoms with Gasteiger partial charge in [-0.1, -0.05) is 44.2 Å². The van der Waals surface area contributed by atoms with Crippen molar-refractivity contribution in [3.63, 3.8) is 0 Å². The number of hydrogen-bond donors (Lipinski definition) is 2. The molecule has 1 unspecified atom stereocenters. The van der Waals surface area contributed by atoms with Crippen molar-refractivity contribution in [3.05, 3.63) is 52.8 Å². The summed E-state index contributed by atoms with van der Waals surface area (Å²) in [5.74, 6) is -3.73. The van der Waals surface area contributed by atoms with Gasteiger partial charge >= 0.3 is 6.18 Å². The monoisotopic (exact) mass is 395 g/mol. The number of halogens is 3. The van der Waals surface area contributed by atoms with Crippen LogP contribution in [0.4, 0.5) is 18.9 Å². The molecule has 0 fully saturated rings. The largest absolute Gasteiger partial charge is 0.452 e. The van der Waals surface area contributed by atoms with Gasteiger partial charge in [0.15, 0.2) is 0 Å². The Labute approximate surface area is 159 Å². The van der Waals surface area contributed by atoms with Gasteiger partial charge in [0.2, 0.25) is 5.91 Å². The van der Waals surface area contributed by atoms with Crippen LogP contribution in [0.2, 0.25) is 0 Å². The van der Waals surface area contributed by atoms with Gasteiger partial charge in [-0.3, -0.25) is 19.0 Å². The first kappa shape index (κ1) is 21.2. The summed E-state index contributed by atoms with van der Waals surface area (Å²) < 4.78 is 39.4. The molecule has 28 heavy (non-hydrogen) atoms. The molecule has 0 bridgehead atoms. The van der Waals surface area contributed by atoms with Crippen molar-refractivity contribution < 1.29 is 22.8 Å². The van der Waals surface area contributed by atoms with Crippen molar-refractivity contribution in [2.75, 3.05) is 5.73 Å². The SMILES string of the molecule is CC(C)C(NC(=O)Cn1c(-c2ccccc2)ccc(N)c1=O)C(=O)C(F)(F)F. The number of carbonyl (C=O) groups excluding carboxylic acids is 2. The number of nitrogens with zero attached hydrogens (tertiary/aromatic N) is 1. The third kappa shape index (κ3) is 4.79. The molecule has 150 valence electrons. The number of alkyl halides is 3. The van der Waals surface area contributed by atoms with E-state index in [2.05, 4.69) is 5.32 Å². The summed E-state index contributed by atoms with van der Waals surface area (Å²) in [4.78, 5) is 36.4. The highest BCUT2D eigenvalue weighted by Gasteiger charge is 2.45. The summed E-state index contributed by atoms with van der Waals surface area (Å²) in [6, 6.07) is 9.85. The molecule has 1 atom stereocenters. The van der Waals surface area contributed by atoms with E-state index in [1.165, 1.54) is 19.9 Å². The molecule has 6 nitrogen and oxygen atoms in total. The number of hydrogen-bond acceptors (Lipinski definition) is 4. The molecule has 1 amide bonds. The van der Waals surface area contributed by atoms with Gasteiger partial charge in [-0.25, -0.2) is 0 Å². The minimum Gasteiger partial charge on any atom is -0.394 e. The molecule has 9 heteroatoms. The van der Waals surface area contributed by atoms with Crippen LogP contribution in [-0.4, -0.2) is 28.5 Å². The zero-order valence-corrected chi connectivity index (χ0v) is 15.3. The number of carbonyl (C=O) groups is 2. The van der Waals surface area contributed by atoms with Gasteiger partial charge in [-0.05, 0) is 23.6 Å². The van der Waals surface area contributed by atoms with Crippen LogP contribution in [0.15, 0.2) is 47.3 Å². The molecule has 0 aliphatic heterocycles. The lowest BCUT2D eigenvalue weighted by molar-refractivity contribution is -0.174. The highest BCUT2D eigenvalue weighted by atomic mass is 19.4. The number of Topliss-reactive ketones (excluding diaryl/α,β-unsaturated/α-hetero) is 1. The molecule has 0 saturated carbocycles. The summed E-state index contributed by atoms with van der Waals surface area (Å²) in [5, 5.41) is 2.09. The predicted molar refractivity (Wildman–Crippen MR) is 98.4 cm³/mol. The summed E-state index contributed by atoms with van der Waals surface area (Å²) in [6.07, 6.45) is -5.08. The number of nitrogen functional groups attached to an aromatic ring is 1. The second kappa shape index (κ2) is 8.28. The molecular weight excluding hydrogens is 375 g/mol. The van der Waals surface area contributed by atoms with Crippen LogP contribution in [0.5, 0.6) is 0 Å². The highest BCUT2D eigenvalue weighted by molar-refractivity contribution is 5.93. The molecule has 1 aromatic carbocycles. The van der Waals surface area contributed by atoms with Crippen molar-refractivity contribution in [1.29, 1.82) is 0 Å². The smallest absolute Gasteiger partial charge is 0.394 e. The van der Waals surface area contributed by atoms with Gasteiger partial charge in [-0.15, -0.1) is 0 Å². The molecule has 0 aliphatic rings. The number of nitrogens with two attached hydrogens (primary N) is 1. The number of nitrogens with one attached hydrogen (secondary N) is 1. The molecule has 1 heterocycles. The number of amides is 1. The summed E-state index contributed by atoms with van der Waals surface area (Å²) in [7, 11) is 0. The first-order valence-corrected chi connectivity index (χ1v) is 8.47. The quantitative estimate of drug-likeness (QED) is 0.785. The fourth-order valence-corrected chi connectivity index (χ4v) is 2.69. The Balaban J connectivity index is 2.34. The Kier molecular flexibility index (Phi) is 6.27. The van der Waals surface area contributed by atoms with Crippen LogP contribution in [-0.2, 0) is 16.1 Å². The van der Waals surface area contributed by atoms with Crippen LogP contribution in [0, 0.1) is 5.92 Å². The van der Waals surface area contributed by atoms with Gasteiger partial charge in [0.25, 0.3) is 11.3 Å². The summed E-state index contributed by atoms with van der Waals surface area (Å²) in [6.45, 7) is 2.19. The fraction of sp³-hybridized carbons (Fsp3) is 0.316. The standard InChI is InChI=1S/C19H20F3N3O3/c1-11(2)16(17(27)19(20,21)22)24-15(26)10-25-14(9-8-13(23)18(25)28)12-6-4-3-5-7-12/h3-9,11,16H,10,23H2,1-2H3,(H,24,26). The minimum atomic E-state index is -5.08. The third-order valence-electron chi connectivity index (χ3n) is 4.12. The fourth-order valence-electron chi connectivity index (χ4n) is 2.69. The predicted octanol–water partition coefficient (Wildman–Crippen LogP) is 2.37. The second-order valence-electron chi connectivity index (χ2n) is 6.58. The molecule has 0 spiro atoms. The summed E-state index contributed by atoms with van der Waals surface area (Å²) in [5.41, 5.74) is 5.86. The number of pyridine rings is 1. The Hall–Kier alpha value is -3.10. The van der Waals surface area contributed by atoms with Gasteiger partial charge in [0, 0.05) is 0 Å². The van der Waals surface area contributed by atoms with Gasteiger partial charge < -0.3 is 11.1 Å². The summed E-state index contributed by atoms with van der Waals surface area (Å²) >= 11 is 0. The maximum atomic E-state index is 12.8. The highest BCUT2D eigenvalue weighted by Crippen LogP contribution is 2.22. The average Bonchev–Trinajstić information content (AvgIpc) is 2.63. The van der Waals surface area contributed by atoms with Crippen LogP contribution in [0.3, 0.4) is 0 Å². The molecule has 0 radical (unpaired) electrons. The first-order valence-electron chi connectivity index (χ1n) is 8.47. The van der Waals surface area contributed by atoms with Gasteiger partial charge in [0.05, 0.1) is 17.4 Å². The first-order chi connectivity index (χ1) is 13.0. The molecule has 2 rings (SSSR count). The van der Waals surface area contributed by atoms with Crippen molar-refractivity contribution >= 4 is 17.4 Å². The van der Waals surface area contributed by atoms with Gasteiger partial charge in [-0.2, -0.15) is 13.2 Å². The lowest BCUT2D eigenvalue weighted by Crippen LogP contribution is -2.50. The number of ketones is 1. The van der Waals surface area contributed by atoms with E-state index in [-0.39, 0.29) is 5.69 Å². The zero-order chi connectivity index (χ0) is 21.1. The van der Waals surface area contributed by atoms with E-state index in [0.29, 0.717) is 11.3 Å². The van der Waals surface area contributed by atoms with E-state index < -0.39 is 41.9 Å². The van der Waals surface area contributed by atoms with Crippen LogP contribution in [0.1, 0.15) is 13.8 Å². The molecule has 3 N–H and O–H groups in total. The number of benzene rings is 1. The van der Waals surface area contributed by atoms with E-state index in [1.807, 2.05) is 0 Å². The third-order valence-corrected chi connectivity index (χ3v) is 4.12. The molecule has 0 saturated heterocycles. The van der Waals surface area contributed by atoms with E-state index >= 15 is 0 Å². The van der Waals surface area contributed by atoms with Crippen LogP contribution in [0.25, 0.3) is 11.3 Å². The molecule has 2 aromatic rings. The second-order valence-corrected chi connectivity index (χ2v) is 6.58. The van der Waals surface area contributed by atoms with Crippen molar-refractivity contribution in [2.45, 2.75) is 32.6 Å². The van der Waals surface area contributed by atoms with Crippen LogP contribution >= 0.6 is 0 Å². The topological polar surface area (TPSA) is 94.2 Å². The lowest BCUT2D eigenvalue weighted by atomic mass is 9.99. The maximum absolute atomic E-state index is 12.8. The van der Waals surface area contributed by atoms with Crippen molar-refractivity contribution in [1.82, 2.24) is 9.88 Å². The van der Waals surface area contributed by atoms with E-state index in [1.54, 1.807) is 36.4 Å². The molecule has 0 aliphatic carbocycles. The van der Waals surface area contributed by atoms with Crippen molar-refractivity contribution in [2.24, 2.45) is 5.92 Å². The molecule has 1 aromatic heterocycles. The molecular formula is C19H20F3N3O3. The number of aromatic nitrogens is 1. The minimum absolute atomic E-state index is 0.112. The Morgan fingerprint density at radius 3 is 2.25 bits per heavy atom. The average molecular weight is 395 g/mol. The normalized spacial score (nSPS) is 12.6. The van der Waals surface area contributed by atoms with E-state index in [9.17, 15) is 27.6 Å². The zero-order valence-electron chi connectivity index (χ0n) is 15.3. The van der Waals surface area contributed by atoms with Gasteiger partial charge in [0.1, 0.15) is 6.54 Å². The number of anilines is 1. The van der Waals surface area contributed by atoms with E-state index in [0.717, 1.165) is 4.57 Å². The lowest BCUT2D eigenvalue weighted by Gasteiger charge is -2.23.